The molecule has 0 spiro atoms. The van der Waals surface area contributed by atoms with Crippen molar-refractivity contribution in [1.82, 2.24) is 9.97 Å². The molecule has 0 aliphatic carbocycles. The van der Waals surface area contributed by atoms with Gasteiger partial charge in [0.15, 0.2) is 0 Å². The average Bonchev–Trinajstić information content (AvgIpc) is 2.82. The summed E-state index contributed by atoms with van der Waals surface area (Å²) in [6, 6.07) is 14.0. The number of imidazole rings is 1. The summed E-state index contributed by atoms with van der Waals surface area (Å²) in [5.74, 6) is 0.744. The third-order valence-corrected chi connectivity index (χ3v) is 2.72. The predicted molar refractivity (Wildman–Crippen MR) is 68.2 cm³/mol. The van der Waals surface area contributed by atoms with Crippen molar-refractivity contribution in [2.24, 2.45) is 0 Å². The smallest absolute Gasteiger partial charge is 0.387 e. The van der Waals surface area contributed by atoms with E-state index in [9.17, 15) is 8.78 Å². The highest BCUT2D eigenvalue weighted by atomic mass is 19.3. The van der Waals surface area contributed by atoms with Gasteiger partial charge < -0.3 is 9.72 Å². The number of benzene rings is 2. The molecule has 19 heavy (non-hydrogen) atoms. The molecule has 0 bridgehead atoms. The maximum absolute atomic E-state index is 12.2. The molecule has 96 valence electrons. The summed E-state index contributed by atoms with van der Waals surface area (Å²) >= 11 is 0. The zero-order valence-electron chi connectivity index (χ0n) is 9.81. The Morgan fingerprint density at radius 3 is 2.68 bits per heavy atom. The second kappa shape index (κ2) is 4.68. The molecule has 0 radical (unpaired) electrons. The maximum Gasteiger partial charge on any atom is 0.387 e. The van der Waals surface area contributed by atoms with Gasteiger partial charge in [0.25, 0.3) is 0 Å². The van der Waals surface area contributed by atoms with E-state index in [1.165, 1.54) is 12.1 Å². The molecule has 0 unspecified atom stereocenters. The highest BCUT2D eigenvalue weighted by molar-refractivity contribution is 5.79. The van der Waals surface area contributed by atoms with Gasteiger partial charge in [0.2, 0.25) is 0 Å². The Morgan fingerprint density at radius 1 is 1.05 bits per heavy atom. The van der Waals surface area contributed by atoms with E-state index in [0.717, 1.165) is 11.0 Å². The molecule has 3 nitrogen and oxygen atoms in total. The van der Waals surface area contributed by atoms with Gasteiger partial charge in [0.1, 0.15) is 11.6 Å². The molecule has 0 saturated heterocycles. The van der Waals surface area contributed by atoms with Crippen LogP contribution in [0.4, 0.5) is 8.78 Å². The van der Waals surface area contributed by atoms with Crippen molar-refractivity contribution in [2.45, 2.75) is 6.61 Å². The van der Waals surface area contributed by atoms with Crippen molar-refractivity contribution in [3.05, 3.63) is 48.5 Å². The number of nitrogens with zero attached hydrogens (tertiary/aromatic N) is 1. The van der Waals surface area contributed by atoms with Gasteiger partial charge in [-0.2, -0.15) is 8.78 Å². The summed E-state index contributed by atoms with van der Waals surface area (Å²) in [5, 5.41) is 0. The van der Waals surface area contributed by atoms with Crippen LogP contribution in [-0.4, -0.2) is 16.6 Å². The molecule has 0 aliphatic rings. The number of halogens is 2. The van der Waals surface area contributed by atoms with Crippen LogP contribution < -0.4 is 4.74 Å². The third kappa shape index (κ3) is 2.40. The number of hydrogen-bond acceptors (Lipinski definition) is 2. The lowest BCUT2D eigenvalue weighted by molar-refractivity contribution is -0.0498. The molecule has 1 heterocycles. The molecule has 0 atom stereocenters. The quantitative estimate of drug-likeness (QED) is 0.777. The standard InChI is InChI=1S/C14H10F2N2O/c15-14(16)19-10-5-3-4-9(8-10)13-17-11-6-1-2-7-12(11)18-13/h1-8,14H,(H,17,18). The van der Waals surface area contributed by atoms with Crippen LogP contribution in [0.3, 0.4) is 0 Å². The number of ether oxygens (including phenoxy) is 1. The lowest BCUT2D eigenvalue weighted by atomic mass is 10.2. The van der Waals surface area contributed by atoms with Gasteiger partial charge in [-0.3, -0.25) is 0 Å². The van der Waals surface area contributed by atoms with Crippen LogP contribution in [0.5, 0.6) is 5.75 Å². The lowest BCUT2D eigenvalue weighted by Gasteiger charge is -2.05. The highest BCUT2D eigenvalue weighted by Gasteiger charge is 2.08. The van der Waals surface area contributed by atoms with E-state index < -0.39 is 6.61 Å². The molecule has 5 heteroatoms. The van der Waals surface area contributed by atoms with Gasteiger partial charge in [-0.15, -0.1) is 0 Å². The Bertz CT molecular complexity index is 676. The van der Waals surface area contributed by atoms with Crippen LogP contribution in [-0.2, 0) is 0 Å². The van der Waals surface area contributed by atoms with Gasteiger partial charge in [-0.05, 0) is 24.3 Å². The van der Waals surface area contributed by atoms with Crippen molar-refractivity contribution >= 4 is 11.0 Å². The molecule has 1 aromatic heterocycles. The number of aromatic amines is 1. The van der Waals surface area contributed by atoms with E-state index in [1.54, 1.807) is 12.1 Å². The summed E-state index contributed by atoms with van der Waals surface area (Å²) in [4.78, 5) is 7.54. The number of alkyl halides is 2. The second-order valence-corrected chi connectivity index (χ2v) is 4.01. The first kappa shape index (κ1) is 11.6. The number of hydrogen-bond donors (Lipinski definition) is 1. The molecule has 0 aliphatic heterocycles. The van der Waals surface area contributed by atoms with E-state index in [1.807, 2.05) is 24.3 Å². The molecular weight excluding hydrogens is 250 g/mol. The van der Waals surface area contributed by atoms with Crippen LogP contribution in [0.2, 0.25) is 0 Å². The zero-order chi connectivity index (χ0) is 13.2. The molecule has 2 aromatic carbocycles. The minimum Gasteiger partial charge on any atom is -0.435 e. The summed E-state index contributed by atoms with van der Waals surface area (Å²) in [5.41, 5.74) is 2.43. The van der Waals surface area contributed by atoms with Crippen molar-refractivity contribution in [3.8, 4) is 17.1 Å². The first-order valence-electron chi connectivity index (χ1n) is 5.72. The molecule has 3 aromatic rings. The number of fused-ring (bicyclic) bond motifs is 1. The van der Waals surface area contributed by atoms with E-state index in [-0.39, 0.29) is 5.75 Å². The zero-order valence-corrected chi connectivity index (χ0v) is 9.81. The molecule has 0 amide bonds. The Hall–Kier alpha value is -2.43. The molecule has 0 fully saturated rings. The van der Waals surface area contributed by atoms with Gasteiger partial charge in [0, 0.05) is 5.56 Å². The highest BCUT2D eigenvalue weighted by Crippen LogP contribution is 2.24. The van der Waals surface area contributed by atoms with Crippen LogP contribution in [0.1, 0.15) is 0 Å². The molecular formula is C14H10F2N2O. The summed E-state index contributed by atoms with van der Waals surface area (Å²) in [6.45, 7) is -2.83. The summed E-state index contributed by atoms with van der Waals surface area (Å²) in [6.07, 6.45) is 0. The number of rotatable bonds is 3. The van der Waals surface area contributed by atoms with E-state index >= 15 is 0 Å². The number of para-hydroxylation sites is 2. The van der Waals surface area contributed by atoms with Crippen molar-refractivity contribution < 1.29 is 13.5 Å². The Balaban J connectivity index is 2.01. The van der Waals surface area contributed by atoms with Gasteiger partial charge >= 0.3 is 6.61 Å². The lowest BCUT2D eigenvalue weighted by Crippen LogP contribution is -2.01. The largest absolute Gasteiger partial charge is 0.435 e. The van der Waals surface area contributed by atoms with Crippen LogP contribution >= 0.6 is 0 Å². The second-order valence-electron chi connectivity index (χ2n) is 4.01. The topological polar surface area (TPSA) is 37.9 Å². The molecule has 0 saturated carbocycles. The van der Waals surface area contributed by atoms with E-state index in [2.05, 4.69) is 14.7 Å². The van der Waals surface area contributed by atoms with Crippen molar-refractivity contribution in [2.75, 3.05) is 0 Å². The van der Waals surface area contributed by atoms with Gasteiger partial charge in [-0.25, -0.2) is 4.98 Å². The van der Waals surface area contributed by atoms with Crippen molar-refractivity contribution in [1.29, 1.82) is 0 Å². The first-order valence-corrected chi connectivity index (χ1v) is 5.72. The monoisotopic (exact) mass is 260 g/mol. The normalized spacial score (nSPS) is 11.1. The molecule has 3 rings (SSSR count). The van der Waals surface area contributed by atoms with Gasteiger partial charge in [-0.1, -0.05) is 24.3 Å². The fourth-order valence-corrected chi connectivity index (χ4v) is 1.91. The summed E-state index contributed by atoms with van der Waals surface area (Å²) in [7, 11) is 0. The van der Waals surface area contributed by atoms with E-state index in [0.29, 0.717) is 11.4 Å². The SMILES string of the molecule is FC(F)Oc1cccc(-c2nc3ccccc3[nH]2)c1. The number of nitrogens with one attached hydrogen (secondary N) is 1. The molecule has 1 N–H and O–H groups in total. The number of H-pyrrole nitrogens is 1. The van der Waals surface area contributed by atoms with Crippen LogP contribution in [0, 0.1) is 0 Å². The Morgan fingerprint density at radius 2 is 1.89 bits per heavy atom. The first-order chi connectivity index (χ1) is 9.22. The van der Waals surface area contributed by atoms with Crippen LogP contribution in [0.15, 0.2) is 48.5 Å². The van der Waals surface area contributed by atoms with Gasteiger partial charge in [0.05, 0.1) is 11.0 Å². The van der Waals surface area contributed by atoms with E-state index in [4.69, 9.17) is 0 Å². The Kier molecular flexibility index (Phi) is 2.87. The number of aromatic nitrogens is 2. The fourth-order valence-electron chi connectivity index (χ4n) is 1.91. The van der Waals surface area contributed by atoms with Crippen molar-refractivity contribution in [3.63, 3.8) is 0 Å². The summed E-state index contributed by atoms with van der Waals surface area (Å²) < 4.78 is 28.7. The Labute approximate surface area is 107 Å². The average molecular weight is 260 g/mol. The minimum atomic E-state index is -2.83. The van der Waals surface area contributed by atoms with Crippen LogP contribution in [0.25, 0.3) is 22.4 Å². The fraction of sp³-hybridized carbons (Fsp3) is 0.0714. The predicted octanol–water partition coefficient (Wildman–Crippen LogP) is 3.83. The maximum atomic E-state index is 12.2. The third-order valence-electron chi connectivity index (χ3n) is 2.72. The minimum absolute atomic E-state index is 0.118.